The highest BCUT2D eigenvalue weighted by Crippen LogP contribution is 2.59. The van der Waals surface area contributed by atoms with Crippen LogP contribution in [-0.4, -0.2) is 43.7 Å². The van der Waals surface area contributed by atoms with Crippen molar-refractivity contribution in [2.24, 2.45) is 0 Å². The molecule has 2 heterocycles. The van der Waals surface area contributed by atoms with Gasteiger partial charge in [-0.2, -0.15) is 0 Å². The molecule has 0 amide bonds. The third kappa shape index (κ3) is 2.79. The van der Waals surface area contributed by atoms with E-state index in [-0.39, 0.29) is 17.4 Å². The van der Waals surface area contributed by atoms with Crippen LogP contribution in [0.3, 0.4) is 0 Å². The molecule has 3 fully saturated rings. The number of Topliss-reactive ketones (excluding diaryl/α,β-unsaturated/α-hetero) is 1. The van der Waals surface area contributed by atoms with Gasteiger partial charge in [0.15, 0.2) is 23.5 Å². The standard InChI is InChI=1S/C20H28O5Si/c1-19(2)23-16-17(22-12-13-9-7-6-8-10-13)20(25-18(16)24-19)14(21)11-15(20)26(3,4)5/h6-10,15-18H,11-12H2,1-5H3/t15?,16-,17?,18?,20+/m0/s1. The summed E-state index contributed by atoms with van der Waals surface area (Å²) in [6.45, 7) is 11.0. The lowest BCUT2D eigenvalue weighted by molar-refractivity contribution is -0.251. The van der Waals surface area contributed by atoms with Crippen LogP contribution in [-0.2, 0) is 30.3 Å². The average molecular weight is 377 g/mol. The summed E-state index contributed by atoms with van der Waals surface area (Å²) >= 11 is 0. The van der Waals surface area contributed by atoms with Crippen LogP contribution in [0, 0.1) is 0 Å². The summed E-state index contributed by atoms with van der Waals surface area (Å²) in [5, 5.41) is 0. The van der Waals surface area contributed by atoms with E-state index in [2.05, 4.69) is 19.6 Å². The summed E-state index contributed by atoms with van der Waals surface area (Å²) in [7, 11) is -1.62. The molecule has 6 heteroatoms. The Labute approximate surface area is 156 Å². The Balaban J connectivity index is 1.64. The number of benzene rings is 1. The first-order valence-corrected chi connectivity index (χ1v) is 12.9. The van der Waals surface area contributed by atoms with E-state index in [0.29, 0.717) is 13.0 Å². The minimum absolute atomic E-state index is 0.127. The van der Waals surface area contributed by atoms with Gasteiger partial charge in [-0.25, -0.2) is 0 Å². The van der Waals surface area contributed by atoms with Gasteiger partial charge >= 0.3 is 0 Å². The highest BCUT2D eigenvalue weighted by molar-refractivity contribution is 6.79. The molecule has 2 saturated heterocycles. The van der Waals surface area contributed by atoms with Gasteiger partial charge in [0, 0.05) is 6.42 Å². The molecule has 3 aliphatic rings. The molecule has 0 bridgehead atoms. The van der Waals surface area contributed by atoms with Gasteiger partial charge in [-0.3, -0.25) is 4.79 Å². The van der Waals surface area contributed by atoms with E-state index in [9.17, 15) is 4.79 Å². The van der Waals surface area contributed by atoms with Crippen molar-refractivity contribution in [2.45, 2.75) is 81.9 Å². The maximum absolute atomic E-state index is 12.8. The molecular weight excluding hydrogens is 348 g/mol. The lowest BCUT2D eigenvalue weighted by atomic mass is 9.73. The summed E-state index contributed by atoms with van der Waals surface area (Å²) in [6.07, 6.45) is -0.790. The molecule has 4 rings (SSSR count). The minimum Gasteiger partial charge on any atom is -0.367 e. The maximum atomic E-state index is 12.8. The molecule has 2 aliphatic heterocycles. The fourth-order valence-corrected chi connectivity index (χ4v) is 7.03. The smallest absolute Gasteiger partial charge is 0.191 e. The Morgan fingerprint density at radius 2 is 1.81 bits per heavy atom. The lowest BCUT2D eigenvalue weighted by Crippen LogP contribution is -2.67. The third-order valence-corrected chi connectivity index (χ3v) is 8.50. The monoisotopic (exact) mass is 376 g/mol. The molecule has 3 unspecified atom stereocenters. The Morgan fingerprint density at radius 1 is 1.12 bits per heavy atom. The van der Waals surface area contributed by atoms with Crippen molar-refractivity contribution in [1.82, 2.24) is 0 Å². The van der Waals surface area contributed by atoms with Crippen LogP contribution in [0.5, 0.6) is 0 Å². The highest BCUT2D eigenvalue weighted by Gasteiger charge is 2.74. The second-order valence-electron chi connectivity index (χ2n) is 9.14. The zero-order chi connectivity index (χ0) is 18.7. The summed E-state index contributed by atoms with van der Waals surface area (Å²) in [4.78, 5) is 12.8. The quantitative estimate of drug-likeness (QED) is 0.753. The average Bonchev–Trinajstić information content (AvgIpc) is 3.01. The Hall–Kier alpha value is -1.05. The van der Waals surface area contributed by atoms with Crippen molar-refractivity contribution in [3.63, 3.8) is 0 Å². The van der Waals surface area contributed by atoms with Crippen molar-refractivity contribution in [1.29, 1.82) is 0 Å². The highest BCUT2D eigenvalue weighted by atomic mass is 28.3. The number of hydrogen-bond acceptors (Lipinski definition) is 5. The van der Waals surface area contributed by atoms with Crippen molar-refractivity contribution in [3.05, 3.63) is 35.9 Å². The van der Waals surface area contributed by atoms with Crippen LogP contribution in [0.2, 0.25) is 25.2 Å². The Morgan fingerprint density at radius 3 is 2.42 bits per heavy atom. The first-order chi connectivity index (χ1) is 12.1. The van der Waals surface area contributed by atoms with Gasteiger partial charge < -0.3 is 18.9 Å². The molecule has 1 aromatic rings. The molecule has 1 saturated carbocycles. The van der Waals surface area contributed by atoms with Gasteiger partial charge in [0.2, 0.25) is 0 Å². The number of ketones is 1. The van der Waals surface area contributed by atoms with Gasteiger partial charge in [-0.1, -0.05) is 50.0 Å². The van der Waals surface area contributed by atoms with E-state index in [1.54, 1.807) is 0 Å². The first-order valence-electron chi connectivity index (χ1n) is 9.36. The first kappa shape index (κ1) is 18.3. The summed E-state index contributed by atoms with van der Waals surface area (Å²) < 4.78 is 24.7. The van der Waals surface area contributed by atoms with Crippen LogP contribution in [0.15, 0.2) is 30.3 Å². The predicted molar refractivity (Wildman–Crippen MR) is 99.4 cm³/mol. The van der Waals surface area contributed by atoms with Gasteiger partial charge in [-0.15, -0.1) is 0 Å². The largest absolute Gasteiger partial charge is 0.367 e. The molecule has 0 aromatic heterocycles. The van der Waals surface area contributed by atoms with Gasteiger partial charge in [-0.05, 0) is 25.0 Å². The molecular formula is C20H28O5Si. The van der Waals surface area contributed by atoms with Crippen molar-refractivity contribution < 1.29 is 23.7 Å². The van der Waals surface area contributed by atoms with Crippen LogP contribution in [0.4, 0.5) is 0 Å². The number of carbonyl (C=O) groups is 1. The van der Waals surface area contributed by atoms with Crippen LogP contribution < -0.4 is 0 Å². The van der Waals surface area contributed by atoms with Crippen LogP contribution in [0.1, 0.15) is 25.8 Å². The number of carbonyl (C=O) groups excluding carboxylic acids is 1. The second kappa shape index (κ2) is 5.97. The molecule has 1 spiro atoms. The summed E-state index contributed by atoms with van der Waals surface area (Å²) in [6, 6.07) is 10.00. The SMILES string of the molecule is CC1(C)OC2O[C@@]3(C(=O)CC3[Si](C)(C)C)C(OCc3ccccc3)[C@@H]2O1. The van der Waals surface area contributed by atoms with Gasteiger partial charge in [0.1, 0.15) is 12.2 Å². The zero-order valence-corrected chi connectivity index (χ0v) is 17.2. The van der Waals surface area contributed by atoms with Crippen molar-refractivity contribution in [2.75, 3.05) is 0 Å². The number of fused-ring (bicyclic) bond motifs is 1. The van der Waals surface area contributed by atoms with Crippen molar-refractivity contribution in [3.8, 4) is 0 Å². The van der Waals surface area contributed by atoms with E-state index < -0.39 is 31.9 Å². The molecule has 1 aromatic carbocycles. The Bertz CT molecular complexity index is 698. The fourth-order valence-electron chi connectivity index (χ4n) is 4.55. The third-order valence-electron chi connectivity index (χ3n) is 5.78. The maximum Gasteiger partial charge on any atom is 0.191 e. The van der Waals surface area contributed by atoms with E-state index >= 15 is 0 Å². The normalized spacial score (nSPS) is 38.4. The number of hydrogen-bond donors (Lipinski definition) is 0. The summed E-state index contributed by atoms with van der Waals surface area (Å²) in [5.74, 6) is -0.602. The number of ether oxygens (including phenoxy) is 4. The van der Waals surface area contributed by atoms with Gasteiger partial charge in [0.05, 0.1) is 14.7 Å². The molecule has 142 valence electrons. The molecule has 1 aliphatic carbocycles. The van der Waals surface area contributed by atoms with E-state index in [0.717, 1.165) is 5.56 Å². The second-order valence-corrected chi connectivity index (χ2v) is 14.6. The summed E-state index contributed by atoms with van der Waals surface area (Å²) in [5.41, 5.74) is 0.371. The van der Waals surface area contributed by atoms with E-state index in [1.165, 1.54) is 0 Å². The topological polar surface area (TPSA) is 54.0 Å². The van der Waals surface area contributed by atoms with Crippen LogP contribution in [0.25, 0.3) is 0 Å². The number of rotatable bonds is 4. The van der Waals surface area contributed by atoms with E-state index in [1.807, 2.05) is 44.2 Å². The van der Waals surface area contributed by atoms with Gasteiger partial charge in [0.25, 0.3) is 0 Å². The molecule has 5 nitrogen and oxygen atoms in total. The van der Waals surface area contributed by atoms with Crippen molar-refractivity contribution >= 4 is 13.9 Å². The predicted octanol–water partition coefficient (Wildman–Crippen LogP) is 3.50. The molecule has 5 atom stereocenters. The van der Waals surface area contributed by atoms with Crippen LogP contribution >= 0.6 is 0 Å². The molecule has 0 radical (unpaired) electrons. The lowest BCUT2D eigenvalue weighted by Gasteiger charge is -2.53. The zero-order valence-electron chi connectivity index (χ0n) is 16.2. The fraction of sp³-hybridized carbons (Fsp3) is 0.650. The Kier molecular flexibility index (Phi) is 4.21. The minimum atomic E-state index is -1.62. The molecule has 26 heavy (non-hydrogen) atoms. The van der Waals surface area contributed by atoms with E-state index in [4.69, 9.17) is 18.9 Å². The molecule has 0 N–H and O–H groups in total.